The van der Waals surface area contributed by atoms with E-state index in [1.807, 2.05) is 24.9 Å². The van der Waals surface area contributed by atoms with Crippen LogP contribution in [0.3, 0.4) is 0 Å². The second kappa shape index (κ2) is 6.74. The minimum atomic E-state index is -0.153. The molecule has 0 saturated carbocycles. The molecule has 1 aromatic carbocycles. The normalized spacial score (nSPS) is 12.8. The van der Waals surface area contributed by atoms with Gasteiger partial charge in [-0.15, -0.1) is 0 Å². The number of anilines is 1. The van der Waals surface area contributed by atoms with Gasteiger partial charge in [0.25, 0.3) is 0 Å². The van der Waals surface area contributed by atoms with Crippen molar-refractivity contribution in [1.29, 1.82) is 0 Å². The fourth-order valence-corrected chi connectivity index (χ4v) is 2.06. The summed E-state index contributed by atoms with van der Waals surface area (Å²) < 4.78 is 14.0. The number of rotatable bonds is 6. The maximum atomic E-state index is 14.0. The van der Waals surface area contributed by atoms with E-state index in [0.717, 1.165) is 18.5 Å². The van der Waals surface area contributed by atoms with Crippen LogP contribution in [-0.4, -0.2) is 19.6 Å². The maximum Gasteiger partial charge on any atom is 0.146 e. The van der Waals surface area contributed by atoms with Crippen molar-refractivity contribution in [2.75, 3.05) is 18.5 Å². The predicted molar refractivity (Wildman–Crippen MR) is 76.5 cm³/mol. The first-order valence-corrected chi connectivity index (χ1v) is 6.66. The minimum Gasteiger partial charge on any atom is -0.372 e. The zero-order valence-electron chi connectivity index (χ0n) is 11.9. The van der Waals surface area contributed by atoms with Crippen molar-refractivity contribution in [1.82, 2.24) is 0 Å². The highest BCUT2D eigenvalue weighted by atomic mass is 19.1. The van der Waals surface area contributed by atoms with Gasteiger partial charge in [-0.1, -0.05) is 26.0 Å². The lowest BCUT2D eigenvalue weighted by atomic mass is 10.0. The average molecular weight is 252 g/mol. The van der Waals surface area contributed by atoms with Crippen LogP contribution in [0.1, 0.15) is 32.8 Å². The lowest BCUT2D eigenvalue weighted by molar-refractivity contribution is 0.572. The summed E-state index contributed by atoms with van der Waals surface area (Å²) in [7, 11) is 1.95. The monoisotopic (exact) mass is 252 g/mol. The van der Waals surface area contributed by atoms with Crippen molar-refractivity contribution >= 4 is 5.69 Å². The molecule has 0 radical (unpaired) electrons. The van der Waals surface area contributed by atoms with Gasteiger partial charge >= 0.3 is 0 Å². The third-order valence-electron chi connectivity index (χ3n) is 3.04. The Balaban J connectivity index is 2.90. The molecule has 0 spiro atoms. The highest BCUT2D eigenvalue weighted by Crippen LogP contribution is 2.25. The molecular formula is C15H25FN2. The summed E-state index contributed by atoms with van der Waals surface area (Å²) >= 11 is 0. The topological polar surface area (TPSA) is 29.3 Å². The predicted octanol–water partition coefficient (Wildman–Crippen LogP) is 3.20. The van der Waals surface area contributed by atoms with E-state index in [-0.39, 0.29) is 11.9 Å². The van der Waals surface area contributed by atoms with Crippen molar-refractivity contribution < 1.29 is 4.39 Å². The van der Waals surface area contributed by atoms with Crippen LogP contribution in [0.25, 0.3) is 0 Å². The Kier molecular flexibility index (Phi) is 5.60. The Morgan fingerprint density at radius 1 is 1.28 bits per heavy atom. The van der Waals surface area contributed by atoms with Crippen molar-refractivity contribution in [3.63, 3.8) is 0 Å². The van der Waals surface area contributed by atoms with E-state index in [0.29, 0.717) is 18.0 Å². The van der Waals surface area contributed by atoms with Crippen LogP contribution >= 0.6 is 0 Å². The molecule has 3 heteroatoms. The van der Waals surface area contributed by atoms with Crippen LogP contribution in [0.4, 0.5) is 10.1 Å². The molecule has 0 bridgehead atoms. The summed E-state index contributed by atoms with van der Waals surface area (Å²) in [5.41, 5.74) is 7.53. The summed E-state index contributed by atoms with van der Waals surface area (Å²) in [6.07, 6.45) is 1.77. The van der Waals surface area contributed by atoms with E-state index in [1.165, 1.54) is 6.07 Å². The van der Waals surface area contributed by atoms with Crippen LogP contribution in [0.15, 0.2) is 18.2 Å². The molecule has 2 nitrogen and oxygen atoms in total. The third-order valence-corrected chi connectivity index (χ3v) is 3.04. The second-order valence-corrected chi connectivity index (χ2v) is 5.53. The van der Waals surface area contributed by atoms with Crippen molar-refractivity contribution in [3.05, 3.63) is 29.6 Å². The largest absolute Gasteiger partial charge is 0.372 e. The number of nitrogens with zero attached hydrogens (tertiary/aromatic N) is 1. The van der Waals surface area contributed by atoms with Gasteiger partial charge < -0.3 is 10.6 Å². The standard InChI is InChI=1S/C15H25FN2/c1-11(2)8-9-18(4)15-13(10-12(3)17)6-5-7-14(15)16/h5-7,11-12H,8-10,17H2,1-4H3. The van der Waals surface area contributed by atoms with Gasteiger partial charge in [-0.2, -0.15) is 0 Å². The highest BCUT2D eigenvalue weighted by molar-refractivity contribution is 5.54. The van der Waals surface area contributed by atoms with E-state index in [2.05, 4.69) is 13.8 Å². The molecule has 0 aromatic heterocycles. The van der Waals surface area contributed by atoms with E-state index < -0.39 is 0 Å². The smallest absolute Gasteiger partial charge is 0.146 e. The van der Waals surface area contributed by atoms with Crippen molar-refractivity contribution in [2.45, 2.75) is 39.7 Å². The fraction of sp³-hybridized carbons (Fsp3) is 0.600. The van der Waals surface area contributed by atoms with Gasteiger partial charge in [0.2, 0.25) is 0 Å². The summed E-state index contributed by atoms with van der Waals surface area (Å²) in [5, 5.41) is 0. The van der Waals surface area contributed by atoms with Gasteiger partial charge in [0.15, 0.2) is 0 Å². The van der Waals surface area contributed by atoms with Gasteiger partial charge in [-0.05, 0) is 37.3 Å². The summed E-state index contributed by atoms with van der Waals surface area (Å²) in [5.74, 6) is 0.468. The van der Waals surface area contributed by atoms with E-state index in [1.54, 1.807) is 6.07 Å². The Morgan fingerprint density at radius 3 is 2.50 bits per heavy atom. The average Bonchev–Trinajstić information content (AvgIpc) is 2.25. The van der Waals surface area contributed by atoms with Gasteiger partial charge in [0.05, 0.1) is 5.69 Å². The first kappa shape index (κ1) is 15.0. The molecule has 1 rings (SSSR count). The highest BCUT2D eigenvalue weighted by Gasteiger charge is 2.14. The molecule has 1 atom stereocenters. The lowest BCUT2D eigenvalue weighted by Gasteiger charge is -2.24. The summed E-state index contributed by atoms with van der Waals surface area (Å²) in [6, 6.07) is 5.29. The molecule has 1 unspecified atom stereocenters. The molecule has 102 valence electrons. The number of hydrogen-bond acceptors (Lipinski definition) is 2. The van der Waals surface area contributed by atoms with Crippen molar-refractivity contribution in [2.24, 2.45) is 11.7 Å². The number of benzene rings is 1. The van der Waals surface area contributed by atoms with Crippen molar-refractivity contribution in [3.8, 4) is 0 Å². The van der Waals surface area contributed by atoms with Crippen LogP contribution in [0, 0.1) is 11.7 Å². The van der Waals surface area contributed by atoms with Crippen LogP contribution in [-0.2, 0) is 6.42 Å². The van der Waals surface area contributed by atoms with E-state index in [9.17, 15) is 4.39 Å². The quantitative estimate of drug-likeness (QED) is 0.842. The first-order chi connectivity index (χ1) is 8.41. The first-order valence-electron chi connectivity index (χ1n) is 6.66. The molecule has 0 aliphatic rings. The maximum absolute atomic E-state index is 14.0. The van der Waals surface area contributed by atoms with Gasteiger partial charge in [-0.3, -0.25) is 0 Å². The van der Waals surface area contributed by atoms with E-state index in [4.69, 9.17) is 5.73 Å². The number of halogens is 1. The Hall–Kier alpha value is -1.09. The molecule has 0 saturated heterocycles. The Labute approximate surface area is 110 Å². The zero-order chi connectivity index (χ0) is 13.7. The lowest BCUT2D eigenvalue weighted by Crippen LogP contribution is -2.25. The molecule has 0 amide bonds. The number of para-hydroxylation sites is 1. The second-order valence-electron chi connectivity index (χ2n) is 5.53. The summed E-state index contributed by atoms with van der Waals surface area (Å²) in [6.45, 7) is 7.17. The molecule has 0 fully saturated rings. The number of hydrogen-bond donors (Lipinski definition) is 1. The van der Waals surface area contributed by atoms with Crippen LogP contribution in [0.5, 0.6) is 0 Å². The van der Waals surface area contributed by atoms with Crippen LogP contribution in [0.2, 0.25) is 0 Å². The summed E-state index contributed by atoms with van der Waals surface area (Å²) in [4.78, 5) is 2.01. The fourth-order valence-electron chi connectivity index (χ4n) is 2.06. The molecular weight excluding hydrogens is 227 g/mol. The SMILES string of the molecule is CC(C)CCN(C)c1c(F)cccc1CC(C)N. The van der Waals surface area contributed by atoms with Crippen LogP contribution < -0.4 is 10.6 Å². The third kappa shape index (κ3) is 4.30. The van der Waals surface area contributed by atoms with E-state index >= 15 is 0 Å². The molecule has 2 N–H and O–H groups in total. The Bertz CT molecular complexity index is 375. The van der Waals surface area contributed by atoms with Gasteiger partial charge in [0, 0.05) is 19.6 Å². The molecule has 0 aliphatic heterocycles. The molecule has 18 heavy (non-hydrogen) atoms. The Morgan fingerprint density at radius 2 is 1.94 bits per heavy atom. The van der Waals surface area contributed by atoms with Gasteiger partial charge in [-0.25, -0.2) is 4.39 Å². The molecule has 0 aliphatic carbocycles. The molecule has 1 aromatic rings. The molecule has 0 heterocycles. The van der Waals surface area contributed by atoms with Gasteiger partial charge in [0.1, 0.15) is 5.82 Å². The number of nitrogens with two attached hydrogens (primary N) is 1. The minimum absolute atomic E-state index is 0.0454. The zero-order valence-corrected chi connectivity index (χ0v) is 11.9.